The van der Waals surface area contributed by atoms with E-state index in [9.17, 15) is 4.79 Å². The fraction of sp³-hybridized carbons (Fsp3) is 0.368. The van der Waals surface area contributed by atoms with Crippen molar-refractivity contribution in [1.82, 2.24) is 4.98 Å². The number of nitrogens with zero attached hydrogens (tertiary/aromatic N) is 2. The topological polar surface area (TPSA) is 45.2 Å². The van der Waals surface area contributed by atoms with Crippen molar-refractivity contribution in [2.45, 2.75) is 26.7 Å². The molecule has 1 atom stereocenters. The fourth-order valence-corrected chi connectivity index (χ4v) is 3.31. The molecule has 1 unspecified atom stereocenters. The number of hydrogen-bond acceptors (Lipinski definition) is 3. The zero-order chi connectivity index (χ0) is 17.1. The molecule has 1 fully saturated rings. The van der Waals surface area contributed by atoms with Crippen molar-refractivity contribution >= 4 is 28.9 Å². The maximum Gasteiger partial charge on any atom is 0.274 e. The number of halogens is 1. The van der Waals surface area contributed by atoms with Crippen LogP contribution in [0.3, 0.4) is 0 Å². The molecule has 1 aliphatic heterocycles. The Morgan fingerprint density at radius 3 is 2.83 bits per heavy atom. The van der Waals surface area contributed by atoms with Crippen LogP contribution in [0.15, 0.2) is 36.5 Å². The second kappa shape index (κ2) is 7.22. The molecule has 0 spiro atoms. The van der Waals surface area contributed by atoms with E-state index in [1.165, 1.54) is 12.8 Å². The standard InChI is InChI=1S/C19H22ClN3O/c1-13-4-3-9-23(12-13)16-6-8-18(21-11-16)19(24)22-17-7-5-15(20)10-14(17)2/h5-8,10-11,13H,3-4,9,12H2,1-2H3,(H,22,24). The average Bonchev–Trinajstić information content (AvgIpc) is 2.57. The third-order valence-corrected chi connectivity index (χ3v) is 4.67. The lowest BCUT2D eigenvalue weighted by atomic mass is 10.00. The summed E-state index contributed by atoms with van der Waals surface area (Å²) in [5.74, 6) is 0.494. The van der Waals surface area contributed by atoms with Gasteiger partial charge in [0.25, 0.3) is 5.91 Å². The summed E-state index contributed by atoms with van der Waals surface area (Å²) in [5.41, 5.74) is 3.17. The zero-order valence-corrected chi connectivity index (χ0v) is 14.8. The summed E-state index contributed by atoms with van der Waals surface area (Å²) in [5, 5.41) is 3.54. The van der Waals surface area contributed by atoms with Gasteiger partial charge in [0.15, 0.2) is 0 Å². The smallest absolute Gasteiger partial charge is 0.274 e. The average molecular weight is 344 g/mol. The Morgan fingerprint density at radius 1 is 1.33 bits per heavy atom. The van der Waals surface area contributed by atoms with E-state index < -0.39 is 0 Å². The second-order valence-electron chi connectivity index (χ2n) is 6.51. The molecule has 1 aliphatic rings. The summed E-state index contributed by atoms with van der Waals surface area (Å²) in [6.45, 7) is 6.30. The highest BCUT2D eigenvalue weighted by molar-refractivity contribution is 6.30. The Balaban J connectivity index is 1.69. The lowest BCUT2D eigenvalue weighted by molar-refractivity contribution is 0.102. The number of amides is 1. The van der Waals surface area contributed by atoms with Gasteiger partial charge in [0, 0.05) is 23.8 Å². The van der Waals surface area contributed by atoms with Crippen LogP contribution in [0.1, 0.15) is 35.8 Å². The van der Waals surface area contributed by atoms with Crippen molar-refractivity contribution < 1.29 is 4.79 Å². The van der Waals surface area contributed by atoms with E-state index in [1.54, 1.807) is 24.4 Å². The molecule has 1 amide bonds. The van der Waals surface area contributed by atoms with Crippen LogP contribution in [-0.4, -0.2) is 24.0 Å². The second-order valence-corrected chi connectivity index (χ2v) is 6.94. The number of carbonyl (C=O) groups excluding carboxylic acids is 1. The van der Waals surface area contributed by atoms with Crippen molar-refractivity contribution in [3.63, 3.8) is 0 Å². The first kappa shape index (κ1) is 16.8. The van der Waals surface area contributed by atoms with Crippen LogP contribution >= 0.6 is 11.6 Å². The molecule has 4 nitrogen and oxygen atoms in total. The van der Waals surface area contributed by atoms with E-state index in [2.05, 4.69) is 22.1 Å². The first-order chi connectivity index (χ1) is 11.5. The molecular formula is C19H22ClN3O. The van der Waals surface area contributed by atoms with Crippen LogP contribution in [-0.2, 0) is 0 Å². The van der Waals surface area contributed by atoms with Gasteiger partial charge >= 0.3 is 0 Å². The Labute approximate surface area is 147 Å². The van der Waals surface area contributed by atoms with E-state index in [0.717, 1.165) is 30.0 Å². The number of aryl methyl sites for hydroxylation is 1. The lowest BCUT2D eigenvalue weighted by Crippen LogP contribution is -2.34. The van der Waals surface area contributed by atoms with Gasteiger partial charge in [-0.2, -0.15) is 0 Å². The fourth-order valence-electron chi connectivity index (χ4n) is 3.09. The SMILES string of the molecule is Cc1cc(Cl)ccc1NC(=O)c1ccc(N2CCCC(C)C2)cn1. The van der Waals surface area contributed by atoms with Gasteiger partial charge in [0.1, 0.15) is 5.69 Å². The molecule has 0 bridgehead atoms. The Hall–Kier alpha value is -2.07. The molecular weight excluding hydrogens is 322 g/mol. The Kier molecular flexibility index (Phi) is 5.05. The third-order valence-electron chi connectivity index (χ3n) is 4.44. The quantitative estimate of drug-likeness (QED) is 0.890. The summed E-state index contributed by atoms with van der Waals surface area (Å²) in [7, 11) is 0. The van der Waals surface area contributed by atoms with E-state index >= 15 is 0 Å². The van der Waals surface area contributed by atoms with Crippen LogP contribution < -0.4 is 10.2 Å². The maximum absolute atomic E-state index is 12.4. The molecule has 126 valence electrons. The molecule has 1 N–H and O–H groups in total. The predicted molar refractivity (Wildman–Crippen MR) is 99.0 cm³/mol. The number of piperidine rings is 1. The molecule has 0 radical (unpaired) electrons. The van der Waals surface area contributed by atoms with Gasteiger partial charge in [-0.15, -0.1) is 0 Å². The van der Waals surface area contributed by atoms with Gasteiger partial charge in [-0.05, 0) is 61.6 Å². The summed E-state index contributed by atoms with van der Waals surface area (Å²) in [6, 6.07) is 9.16. The van der Waals surface area contributed by atoms with Crippen LogP contribution in [0.5, 0.6) is 0 Å². The number of benzene rings is 1. The minimum atomic E-state index is -0.209. The number of pyridine rings is 1. The van der Waals surface area contributed by atoms with Crippen LogP contribution in [0, 0.1) is 12.8 Å². The monoisotopic (exact) mass is 343 g/mol. The first-order valence-corrected chi connectivity index (χ1v) is 8.69. The summed E-state index contributed by atoms with van der Waals surface area (Å²) in [4.78, 5) is 19.1. The van der Waals surface area contributed by atoms with Gasteiger partial charge in [-0.1, -0.05) is 18.5 Å². The lowest BCUT2D eigenvalue weighted by Gasteiger charge is -2.32. The number of carbonyl (C=O) groups is 1. The molecule has 0 saturated carbocycles. The van der Waals surface area contributed by atoms with E-state index in [1.807, 2.05) is 19.1 Å². The van der Waals surface area contributed by atoms with Gasteiger partial charge in [-0.3, -0.25) is 4.79 Å². The minimum absolute atomic E-state index is 0.209. The summed E-state index contributed by atoms with van der Waals surface area (Å²) in [6.07, 6.45) is 4.28. The van der Waals surface area contributed by atoms with Crippen LogP contribution in [0.4, 0.5) is 11.4 Å². The Morgan fingerprint density at radius 2 is 2.17 bits per heavy atom. The number of rotatable bonds is 3. The highest BCUT2D eigenvalue weighted by atomic mass is 35.5. The molecule has 2 heterocycles. The van der Waals surface area contributed by atoms with Gasteiger partial charge in [0.05, 0.1) is 11.9 Å². The minimum Gasteiger partial charge on any atom is -0.370 e. The molecule has 2 aromatic rings. The Bertz CT molecular complexity index is 730. The van der Waals surface area contributed by atoms with E-state index in [-0.39, 0.29) is 5.91 Å². The van der Waals surface area contributed by atoms with Crippen molar-refractivity contribution in [1.29, 1.82) is 0 Å². The number of hydrogen-bond donors (Lipinski definition) is 1. The molecule has 1 aromatic heterocycles. The normalized spacial score (nSPS) is 17.6. The van der Waals surface area contributed by atoms with Gasteiger partial charge in [0.2, 0.25) is 0 Å². The molecule has 1 saturated heterocycles. The van der Waals surface area contributed by atoms with Crippen molar-refractivity contribution in [2.24, 2.45) is 5.92 Å². The highest BCUT2D eigenvalue weighted by Crippen LogP contribution is 2.23. The van der Waals surface area contributed by atoms with Crippen LogP contribution in [0.2, 0.25) is 5.02 Å². The first-order valence-electron chi connectivity index (χ1n) is 8.31. The largest absolute Gasteiger partial charge is 0.370 e. The molecule has 3 rings (SSSR count). The molecule has 0 aliphatic carbocycles. The van der Waals surface area contributed by atoms with Crippen LogP contribution in [0.25, 0.3) is 0 Å². The van der Waals surface area contributed by atoms with Crippen molar-refractivity contribution in [2.75, 3.05) is 23.3 Å². The predicted octanol–water partition coefficient (Wildman–Crippen LogP) is 4.53. The molecule has 1 aromatic carbocycles. The highest BCUT2D eigenvalue weighted by Gasteiger charge is 2.17. The molecule has 24 heavy (non-hydrogen) atoms. The molecule has 5 heteroatoms. The van der Waals surface area contributed by atoms with Crippen molar-refractivity contribution in [3.05, 3.63) is 52.8 Å². The number of aromatic nitrogens is 1. The maximum atomic E-state index is 12.4. The number of nitrogens with one attached hydrogen (secondary N) is 1. The summed E-state index contributed by atoms with van der Waals surface area (Å²) >= 11 is 5.94. The third kappa shape index (κ3) is 3.88. The van der Waals surface area contributed by atoms with Crippen molar-refractivity contribution in [3.8, 4) is 0 Å². The van der Waals surface area contributed by atoms with Gasteiger partial charge < -0.3 is 10.2 Å². The van der Waals surface area contributed by atoms with E-state index in [4.69, 9.17) is 11.6 Å². The zero-order valence-electron chi connectivity index (χ0n) is 14.1. The van der Waals surface area contributed by atoms with E-state index in [0.29, 0.717) is 16.6 Å². The van der Waals surface area contributed by atoms with Gasteiger partial charge in [-0.25, -0.2) is 4.98 Å². The number of anilines is 2. The summed E-state index contributed by atoms with van der Waals surface area (Å²) < 4.78 is 0.